The van der Waals surface area contributed by atoms with Crippen LogP contribution in [0.4, 0.5) is 10.1 Å². The fourth-order valence-corrected chi connectivity index (χ4v) is 4.10. The zero-order chi connectivity index (χ0) is 11.2. The van der Waals surface area contributed by atoms with E-state index in [2.05, 4.69) is 23.8 Å². The van der Waals surface area contributed by atoms with Gasteiger partial charge in [0, 0.05) is 0 Å². The Morgan fingerprint density at radius 1 is 1.33 bits per heavy atom. The van der Waals surface area contributed by atoms with Crippen molar-refractivity contribution in [2.24, 2.45) is 4.99 Å². The molecule has 1 aromatic rings. The fraction of sp³-hybridized carbons (Fsp3) is 0.417. The molecule has 1 nitrogen and oxygen atoms in total. The van der Waals surface area contributed by atoms with Gasteiger partial charge in [-0.1, -0.05) is 0 Å². The summed E-state index contributed by atoms with van der Waals surface area (Å²) in [4.78, 5) is 6.62. The molecule has 1 aliphatic heterocycles. The average Bonchev–Trinajstić information content (AvgIpc) is 2.40. The van der Waals surface area contributed by atoms with Crippen molar-refractivity contribution in [3.63, 3.8) is 0 Å². The van der Waals surface area contributed by atoms with Crippen molar-refractivity contribution in [1.29, 1.82) is 0 Å². The van der Waals surface area contributed by atoms with Crippen LogP contribution in [0.5, 0.6) is 0 Å². The molecule has 0 atom stereocenters. The van der Waals surface area contributed by atoms with Crippen molar-refractivity contribution in [3.8, 4) is 0 Å². The second-order valence-electron chi connectivity index (χ2n) is 4.27. The van der Waals surface area contributed by atoms with Crippen LogP contribution in [-0.4, -0.2) is 10.6 Å². The van der Waals surface area contributed by atoms with Crippen LogP contribution in [-0.2, 0) is 5.41 Å². The normalized spacial score (nSPS) is 17.8. The van der Waals surface area contributed by atoms with E-state index in [1.165, 1.54) is 0 Å². The molecule has 0 unspecified atom stereocenters. The van der Waals surface area contributed by atoms with E-state index in [1.807, 2.05) is 6.92 Å². The van der Waals surface area contributed by atoms with E-state index in [9.17, 15) is 4.39 Å². The van der Waals surface area contributed by atoms with Gasteiger partial charge < -0.3 is 0 Å². The third kappa shape index (κ3) is 1.51. The number of nitrogens with zero attached hydrogens (tertiary/aromatic N) is 1. The first-order valence-corrected chi connectivity index (χ1v) is 8.10. The summed E-state index contributed by atoms with van der Waals surface area (Å²) in [6, 6.07) is 3.35. The molecule has 0 saturated heterocycles. The van der Waals surface area contributed by atoms with Crippen LogP contribution in [0.15, 0.2) is 17.1 Å². The molecule has 1 aromatic carbocycles. The first-order chi connectivity index (χ1) is 6.98. The van der Waals surface area contributed by atoms with Crippen LogP contribution in [0, 0.1) is 9.39 Å². The maximum absolute atomic E-state index is 13.7. The van der Waals surface area contributed by atoms with E-state index in [4.69, 9.17) is 0 Å². The standard InChI is InChI=1S/C12H14FIN/c1-7-12(2,3)10-9(15-7)6-5-8(13)11(10)14-4/h5-6H,1-4H3/q-1. The molecule has 82 valence electrons. The summed E-state index contributed by atoms with van der Waals surface area (Å²) in [6.07, 6.45) is 0. The van der Waals surface area contributed by atoms with E-state index in [-0.39, 0.29) is 32.4 Å². The molecule has 1 aliphatic rings. The van der Waals surface area contributed by atoms with Crippen molar-refractivity contribution in [2.75, 3.05) is 4.93 Å². The number of benzene rings is 1. The Bertz CT molecular complexity index is 449. The van der Waals surface area contributed by atoms with Crippen molar-refractivity contribution in [3.05, 3.63) is 27.1 Å². The van der Waals surface area contributed by atoms with Gasteiger partial charge in [-0.15, -0.1) is 0 Å². The van der Waals surface area contributed by atoms with Crippen molar-refractivity contribution in [1.82, 2.24) is 0 Å². The Kier molecular flexibility index (Phi) is 2.61. The summed E-state index contributed by atoms with van der Waals surface area (Å²) in [7, 11) is 0. The quantitative estimate of drug-likeness (QED) is 0.514. The molecule has 0 fully saturated rings. The topological polar surface area (TPSA) is 12.4 Å². The summed E-state index contributed by atoms with van der Waals surface area (Å²) in [5.74, 6) is -0.0537. The molecule has 0 amide bonds. The second-order valence-corrected chi connectivity index (χ2v) is 6.42. The number of hydrogen-bond donors (Lipinski definition) is 0. The van der Waals surface area contributed by atoms with Gasteiger partial charge in [0.15, 0.2) is 0 Å². The molecule has 2 rings (SSSR count). The Morgan fingerprint density at radius 2 is 2.00 bits per heavy atom. The summed E-state index contributed by atoms with van der Waals surface area (Å²) in [5.41, 5.74) is 3.08. The molecule has 1 heterocycles. The molecule has 0 N–H and O–H groups in total. The number of halogens is 2. The number of aliphatic imine (C=N–C) groups is 1. The molecule has 3 heteroatoms. The monoisotopic (exact) mass is 318 g/mol. The number of hydrogen-bond acceptors (Lipinski definition) is 1. The Morgan fingerprint density at radius 3 is 2.60 bits per heavy atom. The first-order valence-electron chi connectivity index (χ1n) is 4.86. The molecule has 0 aromatic heterocycles. The van der Waals surface area contributed by atoms with Gasteiger partial charge in [-0.2, -0.15) is 0 Å². The fourth-order valence-electron chi connectivity index (χ4n) is 1.91. The summed E-state index contributed by atoms with van der Waals surface area (Å²) >= 11 is -0.245. The second kappa shape index (κ2) is 3.54. The molecule has 0 aliphatic carbocycles. The third-order valence-corrected chi connectivity index (χ3v) is 5.21. The Labute approximate surface area is 100 Å². The van der Waals surface area contributed by atoms with Crippen LogP contribution in [0.2, 0.25) is 0 Å². The molecule has 0 radical (unpaired) electrons. The van der Waals surface area contributed by atoms with E-state index in [0.29, 0.717) is 0 Å². The average molecular weight is 318 g/mol. The van der Waals surface area contributed by atoms with Crippen LogP contribution in [0.3, 0.4) is 0 Å². The zero-order valence-corrected chi connectivity index (χ0v) is 11.5. The van der Waals surface area contributed by atoms with Crippen LogP contribution in [0.25, 0.3) is 0 Å². The molecule has 0 bridgehead atoms. The third-order valence-electron chi connectivity index (χ3n) is 3.08. The van der Waals surface area contributed by atoms with Crippen molar-refractivity contribution < 1.29 is 25.6 Å². The van der Waals surface area contributed by atoms with Crippen LogP contribution >= 0.6 is 0 Å². The summed E-state index contributed by atoms with van der Waals surface area (Å²) in [5, 5.41) is 0. The van der Waals surface area contributed by atoms with Gasteiger partial charge in [-0.3, -0.25) is 0 Å². The number of rotatable bonds is 1. The van der Waals surface area contributed by atoms with Gasteiger partial charge in [-0.25, -0.2) is 0 Å². The molecular weight excluding hydrogens is 304 g/mol. The van der Waals surface area contributed by atoms with Crippen LogP contribution < -0.4 is 21.2 Å². The SMILES string of the molecule is C[I-]c1c(F)ccc2c1C(C)(C)C(C)=N2. The number of fused-ring (bicyclic) bond motifs is 1. The van der Waals surface area contributed by atoms with Crippen LogP contribution in [0.1, 0.15) is 26.3 Å². The van der Waals surface area contributed by atoms with Gasteiger partial charge in [0.2, 0.25) is 0 Å². The van der Waals surface area contributed by atoms with E-state index in [0.717, 1.165) is 20.5 Å². The minimum atomic E-state index is -0.245. The van der Waals surface area contributed by atoms with E-state index in [1.54, 1.807) is 12.1 Å². The summed E-state index contributed by atoms with van der Waals surface area (Å²) < 4.78 is 14.6. The van der Waals surface area contributed by atoms with Crippen molar-refractivity contribution in [2.45, 2.75) is 26.2 Å². The molecule has 15 heavy (non-hydrogen) atoms. The number of alkyl halides is 1. The van der Waals surface area contributed by atoms with Gasteiger partial charge in [0.05, 0.1) is 0 Å². The summed E-state index contributed by atoms with van der Waals surface area (Å²) in [6.45, 7) is 6.27. The Hall–Kier alpha value is -0.450. The van der Waals surface area contributed by atoms with Gasteiger partial charge in [0.1, 0.15) is 0 Å². The molecule has 0 spiro atoms. The Balaban J connectivity index is 2.73. The van der Waals surface area contributed by atoms with Gasteiger partial charge in [0.25, 0.3) is 0 Å². The minimum absolute atomic E-state index is 0.0537. The zero-order valence-electron chi connectivity index (χ0n) is 9.36. The van der Waals surface area contributed by atoms with Gasteiger partial charge >= 0.3 is 100 Å². The van der Waals surface area contributed by atoms with Gasteiger partial charge in [-0.05, 0) is 0 Å². The first kappa shape index (κ1) is 11.0. The molecular formula is C12H14FIN-. The maximum atomic E-state index is 13.7. The predicted molar refractivity (Wildman–Crippen MR) is 56.8 cm³/mol. The molecule has 0 saturated carbocycles. The van der Waals surface area contributed by atoms with E-state index >= 15 is 0 Å². The predicted octanol–water partition coefficient (Wildman–Crippen LogP) is 0.0977. The van der Waals surface area contributed by atoms with E-state index < -0.39 is 0 Å². The van der Waals surface area contributed by atoms with Crippen molar-refractivity contribution >= 4 is 11.4 Å².